The standard InChI is InChI=1S/C9H10F3N5OS/c1-4-6(5(2)18-16-4)3-19-8-15-14-7(17(8)13)9(10,11)12/h3,13H2,1-2H3. The minimum Gasteiger partial charge on any atom is -0.361 e. The molecule has 2 heterocycles. The number of nitrogens with zero attached hydrogens (tertiary/aromatic N) is 4. The van der Waals surface area contributed by atoms with E-state index in [4.69, 9.17) is 10.4 Å². The molecule has 0 fully saturated rings. The molecule has 10 heteroatoms. The maximum atomic E-state index is 12.5. The number of aryl methyl sites for hydroxylation is 2. The molecule has 0 aromatic carbocycles. The molecule has 0 saturated carbocycles. The predicted octanol–water partition coefficient (Wildman–Crippen LogP) is 1.91. The van der Waals surface area contributed by atoms with Crippen molar-refractivity contribution in [2.75, 3.05) is 5.84 Å². The van der Waals surface area contributed by atoms with Gasteiger partial charge in [0.05, 0.1) is 5.69 Å². The molecule has 2 aromatic rings. The van der Waals surface area contributed by atoms with Gasteiger partial charge in [0, 0.05) is 11.3 Å². The van der Waals surface area contributed by atoms with E-state index in [1.165, 1.54) is 0 Å². The van der Waals surface area contributed by atoms with Crippen LogP contribution in [-0.4, -0.2) is 20.0 Å². The number of nitrogens with two attached hydrogens (primary N) is 1. The third kappa shape index (κ3) is 2.67. The van der Waals surface area contributed by atoms with Gasteiger partial charge in [0.2, 0.25) is 5.16 Å². The topological polar surface area (TPSA) is 82.8 Å². The van der Waals surface area contributed by atoms with Crippen molar-refractivity contribution in [2.24, 2.45) is 0 Å². The Balaban J connectivity index is 2.15. The van der Waals surface area contributed by atoms with Crippen LogP contribution in [0, 0.1) is 13.8 Å². The SMILES string of the molecule is Cc1noc(C)c1CSc1nnc(C(F)(F)F)n1N. The van der Waals surface area contributed by atoms with Crippen LogP contribution in [0.4, 0.5) is 13.2 Å². The van der Waals surface area contributed by atoms with E-state index < -0.39 is 12.0 Å². The highest BCUT2D eigenvalue weighted by molar-refractivity contribution is 7.98. The third-order valence-electron chi connectivity index (χ3n) is 2.44. The van der Waals surface area contributed by atoms with Crippen LogP contribution >= 0.6 is 11.8 Å². The highest BCUT2D eigenvalue weighted by Gasteiger charge is 2.38. The Bertz CT molecular complexity index is 572. The molecule has 0 spiro atoms. The van der Waals surface area contributed by atoms with Crippen molar-refractivity contribution < 1.29 is 17.7 Å². The minimum atomic E-state index is -4.62. The van der Waals surface area contributed by atoms with Gasteiger partial charge in [-0.15, -0.1) is 10.2 Å². The summed E-state index contributed by atoms with van der Waals surface area (Å²) in [7, 11) is 0. The van der Waals surface area contributed by atoms with Crippen LogP contribution in [0.25, 0.3) is 0 Å². The van der Waals surface area contributed by atoms with Gasteiger partial charge in [0.25, 0.3) is 5.82 Å². The Kier molecular flexibility index (Phi) is 3.43. The molecule has 0 atom stereocenters. The molecular formula is C9H10F3N5OS. The molecule has 2 rings (SSSR count). The predicted molar refractivity (Wildman–Crippen MR) is 60.7 cm³/mol. The van der Waals surface area contributed by atoms with Crippen LogP contribution in [0.15, 0.2) is 9.68 Å². The first-order valence-corrected chi connectivity index (χ1v) is 6.11. The molecule has 0 saturated heterocycles. The van der Waals surface area contributed by atoms with Gasteiger partial charge in [-0.1, -0.05) is 16.9 Å². The molecule has 0 aliphatic rings. The van der Waals surface area contributed by atoms with E-state index in [0.29, 0.717) is 21.9 Å². The van der Waals surface area contributed by atoms with Crippen LogP contribution in [0.3, 0.4) is 0 Å². The highest BCUT2D eigenvalue weighted by Crippen LogP contribution is 2.30. The third-order valence-corrected chi connectivity index (χ3v) is 3.41. The lowest BCUT2D eigenvalue weighted by molar-refractivity contribution is -0.146. The molecule has 0 amide bonds. The zero-order valence-electron chi connectivity index (χ0n) is 10.0. The van der Waals surface area contributed by atoms with Crippen LogP contribution in [0.1, 0.15) is 22.8 Å². The van der Waals surface area contributed by atoms with Gasteiger partial charge in [-0.05, 0) is 13.8 Å². The number of nitrogen functional groups attached to an aromatic ring is 1. The van der Waals surface area contributed by atoms with Crippen LogP contribution in [0.5, 0.6) is 0 Å². The van der Waals surface area contributed by atoms with Gasteiger partial charge in [0.1, 0.15) is 5.76 Å². The van der Waals surface area contributed by atoms with Crippen molar-refractivity contribution in [3.63, 3.8) is 0 Å². The summed E-state index contributed by atoms with van der Waals surface area (Å²) in [6, 6.07) is 0. The zero-order valence-corrected chi connectivity index (χ0v) is 10.8. The van der Waals surface area contributed by atoms with E-state index >= 15 is 0 Å². The maximum Gasteiger partial charge on any atom is 0.453 e. The average molecular weight is 293 g/mol. The van der Waals surface area contributed by atoms with Crippen LogP contribution in [0.2, 0.25) is 0 Å². The van der Waals surface area contributed by atoms with Crippen molar-refractivity contribution >= 4 is 11.8 Å². The Hall–Kier alpha value is -1.71. The number of hydrogen-bond acceptors (Lipinski definition) is 6. The molecule has 0 bridgehead atoms. The van der Waals surface area contributed by atoms with Crippen LogP contribution in [-0.2, 0) is 11.9 Å². The maximum absolute atomic E-state index is 12.5. The number of rotatable bonds is 3. The lowest BCUT2D eigenvalue weighted by atomic mass is 10.2. The summed E-state index contributed by atoms with van der Waals surface area (Å²) < 4.78 is 42.8. The lowest BCUT2D eigenvalue weighted by Crippen LogP contribution is -2.21. The summed E-state index contributed by atoms with van der Waals surface area (Å²) in [5.41, 5.74) is 1.49. The molecule has 2 N–H and O–H groups in total. The number of thioether (sulfide) groups is 1. The summed E-state index contributed by atoms with van der Waals surface area (Å²) in [5.74, 6) is 5.06. The van der Waals surface area contributed by atoms with Gasteiger partial charge in [-0.25, -0.2) is 4.68 Å². The molecule has 19 heavy (non-hydrogen) atoms. The number of alkyl halides is 3. The summed E-state index contributed by atoms with van der Waals surface area (Å²) >= 11 is 1.03. The van der Waals surface area contributed by atoms with Crippen molar-refractivity contribution in [1.82, 2.24) is 20.0 Å². The molecule has 2 aromatic heterocycles. The molecule has 0 aliphatic carbocycles. The molecule has 0 aliphatic heterocycles. The quantitative estimate of drug-likeness (QED) is 0.687. The first-order chi connectivity index (χ1) is 8.80. The largest absolute Gasteiger partial charge is 0.453 e. The second kappa shape index (κ2) is 4.76. The summed E-state index contributed by atoms with van der Waals surface area (Å²) in [6.07, 6.45) is -4.62. The molecule has 0 radical (unpaired) electrons. The van der Waals surface area contributed by atoms with Crippen molar-refractivity contribution in [2.45, 2.75) is 30.9 Å². The summed E-state index contributed by atoms with van der Waals surface area (Å²) in [4.78, 5) is 0. The normalized spacial score (nSPS) is 12.1. The van der Waals surface area contributed by atoms with Gasteiger partial charge in [-0.3, -0.25) is 0 Å². The van der Waals surface area contributed by atoms with E-state index in [-0.39, 0.29) is 5.16 Å². The van der Waals surface area contributed by atoms with Gasteiger partial charge >= 0.3 is 6.18 Å². The number of hydrogen-bond donors (Lipinski definition) is 1. The fourth-order valence-electron chi connectivity index (χ4n) is 1.41. The fourth-order valence-corrected chi connectivity index (χ4v) is 2.42. The molecule has 6 nitrogen and oxygen atoms in total. The second-order valence-electron chi connectivity index (χ2n) is 3.77. The molecular weight excluding hydrogens is 283 g/mol. The van der Waals surface area contributed by atoms with E-state index in [1.807, 2.05) is 0 Å². The number of aromatic nitrogens is 4. The highest BCUT2D eigenvalue weighted by atomic mass is 32.2. The zero-order chi connectivity index (χ0) is 14.2. The van der Waals surface area contributed by atoms with E-state index in [2.05, 4.69) is 15.4 Å². The number of halogens is 3. The van der Waals surface area contributed by atoms with E-state index in [9.17, 15) is 13.2 Å². The first kappa shape index (κ1) is 13.7. The van der Waals surface area contributed by atoms with Gasteiger partial charge in [0.15, 0.2) is 0 Å². The smallest absolute Gasteiger partial charge is 0.361 e. The Morgan fingerprint density at radius 3 is 2.47 bits per heavy atom. The van der Waals surface area contributed by atoms with Crippen LogP contribution < -0.4 is 5.84 Å². The lowest BCUT2D eigenvalue weighted by Gasteiger charge is -2.05. The minimum absolute atomic E-state index is 0.0210. The van der Waals surface area contributed by atoms with Gasteiger partial charge < -0.3 is 10.4 Å². The summed E-state index contributed by atoms with van der Waals surface area (Å²) in [6.45, 7) is 3.48. The van der Waals surface area contributed by atoms with Crippen molar-refractivity contribution in [1.29, 1.82) is 0 Å². The first-order valence-electron chi connectivity index (χ1n) is 5.13. The second-order valence-corrected chi connectivity index (χ2v) is 4.71. The molecule has 0 unspecified atom stereocenters. The van der Waals surface area contributed by atoms with Crippen molar-refractivity contribution in [3.05, 3.63) is 22.8 Å². The van der Waals surface area contributed by atoms with E-state index in [0.717, 1.165) is 17.3 Å². The Labute approximate surface area is 110 Å². The van der Waals surface area contributed by atoms with Gasteiger partial charge in [-0.2, -0.15) is 13.2 Å². The summed E-state index contributed by atoms with van der Waals surface area (Å²) in [5, 5.41) is 10.2. The van der Waals surface area contributed by atoms with Crippen molar-refractivity contribution in [3.8, 4) is 0 Å². The average Bonchev–Trinajstić information content (AvgIpc) is 2.81. The van der Waals surface area contributed by atoms with E-state index in [1.54, 1.807) is 13.8 Å². The Morgan fingerprint density at radius 1 is 1.32 bits per heavy atom. The Morgan fingerprint density at radius 2 is 2.00 bits per heavy atom. The monoisotopic (exact) mass is 293 g/mol. The molecule has 104 valence electrons. The fraction of sp³-hybridized carbons (Fsp3) is 0.444.